The molecule has 0 amide bonds. The highest BCUT2D eigenvalue weighted by molar-refractivity contribution is 5.99. The Labute approximate surface area is 190 Å². The molecule has 0 bridgehead atoms. The number of nitrogens with zero attached hydrogens (tertiary/aromatic N) is 5. The Morgan fingerprint density at radius 3 is 2.79 bits per heavy atom. The molecule has 6 rings (SSSR count). The molecule has 0 unspecified atom stereocenters. The minimum absolute atomic E-state index is 0.165. The number of fused-ring (bicyclic) bond motifs is 2. The lowest BCUT2D eigenvalue weighted by atomic mass is 10.1. The number of aromatic amines is 1. The van der Waals surface area contributed by atoms with Crippen molar-refractivity contribution in [2.45, 2.75) is 45.6 Å². The molecule has 9 heteroatoms. The van der Waals surface area contributed by atoms with E-state index >= 15 is 0 Å². The highest BCUT2D eigenvalue weighted by Crippen LogP contribution is 2.37. The molecule has 0 aliphatic heterocycles. The van der Waals surface area contributed by atoms with Crippen LogP contribution in [0.4, 0.5) is 11.6 Å². The zero-order valence-corrected chi connectivity index (χ0v) is 18.8. The molecule has 9 nitrogen and oxygen atoms in total. The van der Waals surface area contributed by atoms with Crippen molar-refractivity contribution in [1.29, 1.82) is 0 Å². The van der Waals surface area contributed by atoms with Gasteiger partial charge in [-0.1, -0.05) is 6.07 Å². The van der Waals surface area contributed by atoms with Crippen molar-refractivity contribution >= 4 is 33.8 Å². The number of anilines is 2. The Hall–Kier alpha value is -3.88. The third kappa shape index (κ3) is 3.49. The normalized spacial score (nSPS) is 14.5. The largest absolute Gasteiger partial charge is 0.474 e. The topological polar surface area (TPSA) is 107 Å². The zero-order valence-electron chi connectivity index (χ0n) is 18.8. The molecule has 0 radical (unpaired) electrons. The first-order chi connectivity index (χ1) is 16.0. The van der Waals surface area contributed by atoms with Gasteiger partial charge in [-0.3, -0.25) is 4.68 Å². The summed E-state index contributed by atoms with van der Waals surface area (Å²) < 4.78 is 14.0. The molecule has 1 aromatic carbocycles. The van der Waals surface area contributed by atoms with Gasteiger partial charge < -0.3 is 19.5 Å². The Morgan fingerprint density at radius 1 is 1.15 bits per heavy atom. The molecule has 0 spiro atoms. The second-order valence-electron chi connectivity index (χ2n) is 8.61. The fraction of sp³-hybridized carbons (Fsp3) is 0.333. The molecule has 0 saturated heterocycles. The molecule has 168 valence electrons. The molecule has 1 aliphatic carbocycles. The summed E-state index contributed by atoms with van der Waals surface area (Å²) in [5.74, 6) is 1.71. The third-order valence-electron chi connectivity index (χ3n) is 6.37. The zero-order chi connectivity index (χ0) is 22.5. The fourth-order valence-electron chi connectivity index (χ4n) is 4.48. The maximum atomic E-state index is 6.45. The molecule has 1 aliphatic rings. The van der Waals surface area contributed by atoms with Crippen molar-refractivity contribution in [3.8, 4) is 17.0 Å². The molecular formula is C24H25N7O2. The van der Waals surface area contributed by atoms with Gasteiger partial charge in [0.05, 0.1) is 23.0 Å². The standard InChI is InChI=1S/C24H25N7O2/c1-13-19(12-26-31(13)3)28-24-29-22-21(23(30-24)33-16-6-4-5-7-16)17(11-25-22)15-8-9-18-20(10-15)32-14(2)27-18/h8-12,16H,4-7H2,1-3H3,(H2,25,28,29,30). The summed E-state index contributed by atoms with van der Waals surface area (Å²) in [6.45, 7) is 3.85. The van der Waals surface area contributed by atoms with E-state index in [-0.39, 0.29) is 6.10 Å². The summed E-state index contributed by atoms with van der Waals surface area (Å²) >= 11 is 0. The minimum Gasteiger partial charge on any atom is -0.474 e. The van der Waals surface area contributed by atoms with Gasteiger partial charge in [0, 0.05) is 25.7 Å². The molecule has 33 heavy (non-hydrogen) atoms. The van der Waals surface area contributed by atoms with E-state index in [0.29, 0.717) is 23.4 Å². The van der Waals surface area contributed by atoms with Crippen molar-refractivity contribution < 1.29 is 9.15 Å². The second-order valence-corrected chi connectivity index (χ2v) is 8.61. The quantitative estimate of drug-likeness (QED) is 0.385. The van der Waals surface area contributed by atoms with Crippen molar-refractivity contribution in [2.24, 2.45) is 7.05 Å². The number of benzene rings is 1. The van der Waals surface area contributed by atoms with Gasteiger partial charge in [0.1, 0.15) is 17.3 Å². The first kappa shape index (κ1) is 19.8. The summed E-state index contributed by atoms with van der Waals surface area (Å²) in [6, 6.07) is 6.01. The van der Waals surface area contributed by atoms with Gasteiger partial charge in [-0.2, -0.15) is 15.1 Å². The predicted molar refractivity (Wildman–Crippen MR) is 126 cm³/mol. The molecule has 2 N–H and O–H groups in total. The van der Waals surface area contributed by atoms with E-state index in [1.165, 1.54) is 12.8 Å². The summed E-state index contributed by atoms with van der Waals surface area (Å²) in [5, 5.41) is 8.46. The highest BCUT2D eigenvalue weighted by Gasteiger charge is 2.23. The number of hydrogen-bond acceptors (Lipinski definition) is 7. The number of rotatable bonds is 5. The van der Waals surface area contributed by atoms with E-state index < -0.39 is 0 Å². The Balaban J connectivity index is 1.47. The van der Waals surface area contributed by atoms with Crippen molar-refractivity contribution in [1.82, 2.24) is 29.7 Å². The van der Waals surface area contributed by atoms with Crippen molar-refractivity contribution in [3.63, 3.8) is 0 Å². The van der Waals surface area contributed by atoms with Gasteiger partial charge in [-0.15, -0.1) is 0 Å². The van der Waals surface area contributed by atoms with Crippen molar-refractivity contribution in [2.75, 3.05) is 5.32 Å². The Kier molecular flexibility index (Phi) is 4.56. The fourth-order valence-corrected chi connectivity index (χ4v) is 4.48. The maximum Gasteiger partial charge on any atom is 0.232 e. The van der Waals surface area contributed by atoms with E-state index in [1.807, 2.05) is 50.0 Å². The van der Waals surface area contributed by atoms with Crippen LogP contribution in [0.3, 0.4) is 0 Å². The van der Waals surface area contributed by atoms with Gasteiger partial charge >= 0.3 is 0 Å². The van der Waals surface area contributed by atoms with E-state index in [2.05, 4.69) is 20.4 Å². The summed E-state index contributed by atoms with van der Waals surface area (Å²) in [7, 11) is 1.91. The van der Waals surface area contributed by atoms with Crippen LogP contribution in [0.15, 0.2) is 35.0 Å². The molecule has 1 fully saturated rings. The van der Waals surface area contributed by atoms with Crippen LogP contribution in [-0.2, 0) is 7.05 Å². The van der Waals surface area contributed by atoms with Crippen LogP contribution in [0, 0.1) is 13.8 Å². The first-order valence-corrected chi connectivity index (χ1v) is 11.2. The molecule has 4 heterocycles. The van der Waals surface area contributed by atoms with E-state index in [4.69, 9.17) is 19.1 Å². The summed E-state index contributed by atoms with van der Waals surface area (Å²) in [4.78, 5) is 17.3. The van der Waals surface area contributed by atoms with E-state index in [0.717, 1.165) is 51.8 Å². The number of hydrogen-bond donors (Lipinski definition) is 2. The number of oxazole rings is 1. The number of aromatic nitrogens is 6. The van der Waals surface area contributed by atoms with Gasteiger partial charge in [0.25, 0.3) is 0 Å². The number of H-pyrrole nitrogens is 1. The molecule has 5 aromatic rings. The average Bonchev–Trinajstić information content (AvgIpc) is 3.58. The maximum absolute atomic E-state index is 6.45. The van der Waals surface area contributed by atoms with Crippen LogP contribution in [-0.4, -0.2) is 35.8 Å². The third-order valence-corrected chi connectivity index (χ3v) is 6.37. The summed E-state index contributed by atoms with van der Waals surface area (Å²) in [5.41, 5.74) is 6.14. The second kappa shape index (κ2) is 7.61. The number of nitrogens with one attached hydrogen (secondary N) is 2. The first-order valence-electron chi connectivity index (χ1n) is 11.2. The number of aryl methyl sites for hydroxylation is 2. The van der Waals surface area contributed by atoms with E-state index in [1.54, 1.807) is 6.20 Å². The molecule has 1 saturated carbocycles. The minimum atomic E-state index is 0.165. The Bertz CT molecular complexity index is 1470. The van der Waals surface area contributed by atoms with Gasteiger partial charge in [-0.25, -0.2) is 4.98 Å². The number of ether oxygens (including phenoxy) is 1. The SMILES string of the molecule is Cc1nc2ccc(-c3c[nH]c4nc(Nc5cnn(C)c5C)nc(OC5CCCC5)c34)cc2o1. The summed E-state index contributed by atoms with van der Waals surface area (Å²) in [6.07, 6.45) is 8.33. The lowest BCUT2D eigenvalue weighted by molar-refractivity contribution is 0.204. The Morgan fingerprint density at radius 2 is 2.00 bits per heavy atom. The lowest BCUT2D eigenvalue weighted by Crippen LogP contribution is -2.13. The van der Waals surface area contributed by atoms with Crippen LogP contribution < -0.4 is 10.1 Å². The van der Waals surface area contributed by atoms with Crippen LogP contribution in [0.25, 0.3) is 33.3 Å². The molecule has 0 atom stereocenters. The van der Waals surface area contributed by atoms with Gasteiger partial charge in [0.15, 0.2) is 11.5 Å². The average molecular weight is 444 g/mol. The molecule has 4 aromatic heterocycles. The predicted octanol–water partition coefficient (Wildman–Crippen LogP) is 5.18. The van der Waals surface area contributed by atoms with E-state index in [9.17, 15) is 0 Å². The van der Waals surface area contributed by atoms with Crippen molar-refractivity contribution in [3.05, 3.63) is 42.2 Å². The van der Waals surface area contributed by atoms with Crippen LogP contribution in [0.2, 0.25) is 0 Å². The lowest BCUT2D eigenvalue weighted by Gasteiger charge is -2.15. The highest BCUT2D eigenvalue weighted by atomic mass is 16.5. The molecular weight excluding hydrogens is 418 g/mol. The van der Waals surface area contributed by atoms with Crippen LogP contribution in [0.1, 0.15) is 37.3 Å². The van der Waals surface area contributed by atoms with Crippen LogP contribution in [0.5, 0.6) is 5.88 Å². The monoisotopic (exact) mass is 443 g/mol. The smallest absolute Gasteiger partial charge is 0.232 e. The van der Waals surface area contributed by atoms with Gasteiger partial charge in [-0.05, 0) is 50.3 Å². The van der Waals surface area contributed by atoms with Crippen LogP contribution >= 0.6 is 0 Å². The van der Waals surface area contributed by atoms with Gasteiger partial charge in [0.2, 0.25) is 11.8 Å².